The van der Waals surface area contributed by atoms with Gasteiger partial charge in [0.05, 0.1) is 0 Å². The van der Waals surface area contributed by atoms with Gasteiger partial charge in [-0.25, -0.2) is 0 Å². The van der Waals surface area contributed by atoms with Crippen LogP contribution in [0.1, 0.15) is 72.6 Å². The van der Waals surface area contributed by atoms with E-state index in [1.165, 1.54) is 44.9 Å². The molecular formula is C17H30. The summed E-state index contributed by atoms with van der Waals surface area (Å²) in [7, 11) is 0. The molecule has 4 unspecified atom stereocenters. The van der Waals surface area contributed by atoms with E-state index < -0.39 is 0 Å². The molecule has 2 aliphatic rings. The van der Waals surface area contributed by atoms with Crippen molar-refractivity contribution in [2.24, 2.45) is 23.2 Å². The number of rotatable bonds is 3. The summed E-state index contributed by atoms with van der Waals surface area (Å²) in [6.07, 6.45) is 12.5. The second-order valence-electron chi connectivity index (χ2n) is 6.93. The molecule has 0 aliphatic heterocycles. The number of allylic oxidation sites excluding steroid dienone is 2. The van der Waals surface area contributed by atoms with E-state index in [2.05, 4.69) is 33.8 Å². The lowest BCUT2D eigenvalue weighted by molar-refractivity contribution is 0.133. The minimum atomic E-state index is 0.527. The quantitative estimate of drug-likeness (QED) is 0.559. The maximum atomic E-state index is 2.63. The van der Waals surface area contributed by atoms with Crippen LogP contribution in [0, 0.1) is 23.2 Å². The van der Waals surface area contributed by atoms with E-state index in [1.54, 1.807) is 0 Å². The fourth-order valence-corrected chi connectivity index (χ4v) is 4.17. The molecule has 0 nitrogen and oxygen atoms in total. The molecule has 1 saturated carbocycles. The van der Waals surface area contributed by atoms with E-state index in [9.17, 15) is 0 Å². The Morgan fingerprint density at radius 2 is 2.06 bits per heavy atom. The Labute approximate surface area is 108 Å². The third kappa shape index (κ3) is 2.46. The zero-order chi connectivity index (χ0) is 12.5. The van der Waals surface area contributed by atoms with Gasteiger partial charge in [-0.1, -0.05) is 52.2 Å². The van der Waals surface area contributed by atoms with Crippen molar-refractivity contribution in [1.82, 2.24) is 0 Å². The lowest BCUT2D eigenvalue weighted by Gasteiger charge is -2.49. The molecule has 0 saturated heterocycles. The highest BCUT2D eigenvalue weighted by Gasteiger charge is 2.42. The second-order valence-corrected chi connectivity index (χ2v) is 6.93. The van der Waals surface area contributed by atoms with Crippen molar-refractivity contribution < 1.29 is 0 Å². The normalized spacial score (nSPS) is 41.9. The van der Waals surface area contributed by atoms with Gasteiger partial charge in [-0.2, -0.15) is 0 Å². The SMILES string of the molecule is CCCCC1(C)C2=CCC(C)CC2CCC1C. The summed E-state index contributed by atoms with van der Waals surface area (Å²) in [5, 5.41) is 0. The molecule has 0 N–H and O–H groups in total. The van der Waals surface area contributed by atoms with Crippen molar-refractivity contribution in [1.29, 1.82) is 0 Å². The molecule has 0 aromatic rings. The van der Waals surface area contributed by atoms with Crippen LogP contribution in [0.3, 0.4) is 0 Å². The molecule has 17 heavy (non-hydrogen) atoms. The maximum Gasteiger partial charge on any atom is -0.00880 e. The van der Waals surface area contributed by atoms with Gasteiger partial charge in [0.15, 0.2) is 0 Å². The zero-order valence-corrected chi connectivity index (χ0v) is 12.3. The smallest absolute Gasteiger partial charge is 0.00880 e. The van der Waals surface area contributed by atoms with Gasteiger partial charge in [-0.15, -0.1) is 0 Å². The van der Waals surface area contributed by atoms with Crippen LogP contribution in [0.5, 0.6) is 0 Å². The first kappa shape index (κ1) is 13.2. The van der Waals surface area contributed by atoms with Gasteiger partial charge in [0, 0.05) is 0 Å². The van der Waals surface area contributed by atoms with Gasteiger partial charge < -0.3 is 0 Å². The van der Waals surface area contributed by atoms with Crippen LogP contribution in [-0.4, -0.2) is 0 Å². The third-order valence-electron chi connectivity index (χ3n) is 5.61. The largest absolute Gasteiger partial charge is 0.0842 e. The summed E-state index contributed by atoms with van der Waals surface area (Å²) >= 11 is 0. The van der Waals surface area contributed by atoms with Crippen LogP contribution < -0.4 is 0 Å². The Morgan fingerprint density at radius 3 is 2.76 bits per heavy atom. The maximum absolute atomic E-state index is 2.63. The molecule has 0 aromatic heterocycles. The molecule has 0 bridgehead atoms. The van der Waals surface area contributed by atoms with Crippen LogP contribution in [0.15, 0.2) is 11.6 Å². The zero-order valence-electron chi connectivity index (χ0n) is 12.3. The van der Waals surface area contributed by atoms with Gasteiger partial charge in [0.2, 0.25) is 0 Å². The van der Waals surface area contributed by atoms with Gasteiger partial charge in [-0.05, 0) is 55.3 Å². The first-order valence-electron chi connectivity index (χ1n) is 7.78. The highest BCUT2D eigenvalue weighted by atomic mass is 14.5. The number of hydrogen-bond acceptors (Lipinski definition) is 0. The van der Waals surface area contributed by atoms with Gasteiger partial charge >= 0.3 is 0 Å². The summed E-state index contributed by atoms with van der Waals surface area (Å²) in [6.45, 7) is 9.80. The van der Waals surface area contributed by atoms with Gasteiger partial charge in [0.25, 0.3) is 0 Å². The predicted octanol–water partition coefficient (Wildman–Crippen LogP) is 5.59. The van der Waals surface area contributed by atoms with Crippen LogP contribution >= 0.6 is 0 Å². The topological polar surface area (TPSA) is 0 Å². The summed E-state index contributed by atoms with van der Waals surface area (Å²) in [5.41, 5.74) is 2.38. The van der Waals surface area contributed by atoms with Crippen LogP contribution in [0.2, 0.25) is 0 Å². The Hall–Kier alpha value is -0.260. The Morgan fingerprint density at radius 1 is 1.29 bits per heavy atom. The fourth-order valence-electron chi connectivity index (χ4n) is 4.17. The van der Waals surface area contributed by atoms with Crippen molar-refractivity contribution >= 4 is 0 Å². The van der Waals surface area contributed by atoms with E-state index in [0.29, 0.717) is 5.41 Å². The number of hydrogen-bond donors (Lipinski definition) is 0. The highest BCUT2D eigenvalue weighted by Crippen LogP contribution is 2.53. The van der Waals surface area contributed by atoms with Crippen molar-refractivity contribution in [3.05, 3.63) is 11.6 Å². The molecule has 0 heterocycles. The standard InChI is InChI=1S/C17H30/c1-5-6-11-17(4)14(3)8-9-15-12-13(2)7-10-16(15)17/h10,13-15H,5-9,11-12H2,1-4H3. The average Bonchev–Trinajstić information content (AvgIpc) is 2.32. The minimum Gasteiger partial charge on any atom is -0.0842 e. The molecule has 0 aromatic carbocycles. The highest BCUT2D eigenvalue weighted by molar-refractivity contribution is 5.23. The molecule has 98 valence electrons. The van der Waals surface area contributed by atoms with E-state index in [4.69, 9.17) is 0 Å². The molecule has 1 fully saturated rings. The number of unbranched alkanes of at least 4 members (excludes halogenated alkanes) is 1. The second kappa shape index (κ2) is 5.16. The van der Waals surface area contributed by atoms with Crippen molar-refractivity contribution in [3.8, 4) is 0 Å². The molecule has 2 aliphatic carbocycles. The summed E-state index contributed by atoms with van der Waals surface area (Å²) in [4.78, 5) is 0. The monoisotopic (exact) mass is 234 g/mol. The molecule has 4 atom stereocenters. The van der Waals surface area contributed by atoms with Crippen molar-refractivity contribution in [2.45, 2.75) is 72.6 Å². The van der Waals surface area contributed by atoms with E-state index in [0.717, 1.165) is 17.8 Å². The van der Waals surface area contributed by atoms with Crippen LogP contribution in [0.25, 0.3) is 0 Å². The minimum absolute atomic E-state index is 0.527. The Balaban J connectivity index is 2.21. The molecule has 0 heteroatoms. The van der Waals surface area contributed by atoms with Crippen molar-refractivity contribution in [2.75, 3.05) is 0 Å². The summed E-state index contributed by atoms with van der Waals surface area (Å²) < 4.78 is 0. The van der Waals surface area contributed by atoms with E-state index in [1.807, 2.05) is 5.57 Å². The Kier molecular flexibility index (Phi) is 4.00. The fraction of sp³-hybridized carbons (Fsp3) is 0.882. The van der Waals surface area contributed by atoms with Crippen LogP contribution in [-0.2, 0) is 0 Å². The van der Waals surface area contributed by atoms with E-state index >= 15 is 0 Å². The lowest BCUT2D eigenvalue weighted by Crippen LogP contribution is -2.38. The molecule has 2 rings (SSSR count). The van der Waals surface area contributed by atoms with E-state index in [-0.39, 0.29) is 0 Å². The summed E-state index contributed by atoms with van der Waals surface area (Å²) in [6, 6.07) is 0. The van der Waals surface area contributed by atoms with Gasteiger partial charge in [-0.3, -0.25) is 0 Å². The van der Waals surface area contributed by atoms with Gasteiger partial charge in [0.1, 0.15) is 0 Å². The molecule has 0 spiro atoms. The molecular weight excluding hydrogens is 204 g/mol. The summed E-state index contributed by atoms with van der Waals surface area (Å²) in [5.74, 6) is 2.74. The van der Waals surface area contributed by atoms with Crippen molar-refractivity contribution in [3.63, 3.8) is 0 Å². The first-order valence-corrected chi connectivity index (χ1v) is 7.78. The lowest BCUT2D eigenvalue weighted by atomic mass is 9.56. The molecule has 0 radical (unpaired) electrons. The average molecular weight is 234 g/mol. The van der Waals surface area contributed by atoms with Crippen LogP contribution in [0.4, 0.5) is 0 Å². The Bertz CT molecular complexity index is 288. The predicted molar refractivity (Wildman–Crippen MR) is 76.0 cm³/mol. The molecule has 0 amide bonds. The third-order valence-corrected chi connectivity index (χ3v) is 5.61. The number of fused-ring (bicyclic) bond motifs is 1. The first-order chi connectivity index (χ1) is 8.08.